The molecule has 88 valence electrons. The van der Waals surface area contributed by atoms with Crippen LogP contribution in [0.2, 0.25) is 0 Å². The highest BCUT2D eigenvalue weighted by Gasteiger charge is 2.32. The first-order chi connectivity index (χ1) is 7.69. The Kier molecular flexibility index (Phi) is 3.06. The number of rotatable bonds is 3. The molecule has 3 nitrogen and oxygen atoms in total. The van der Waals surface area contributed by atoms with Gasteiger partial charge in [-0.3, -0.25) is 0 Å². The fourth-order valence-electron chi connectivity index (χ4n) is 2.51. The number of methoxy groups -OCH3 is 1. The van der Waals surface area contributed by atoms with E-state index in [2.05, 4.69) is 36.3 Å². The van der Waals surface area contributed by atoms with Gasteiger partial charge >= 0.3 is 0 Å². The van der Waals surface area contributed by atoms with E-state index >= 15 is 0 Å². The minimum Gasteiger partial charge on any atom is -0.496 e. The third kappa shape index (κ3) is 1.65. The van der Waals surface area contributed by atoms with Gasteiger partial charge in [-0.2, -0.15) is 0 Å². The molecule has 3 heteroatoms. The molecule has 1 aromatic carbocycles. The summed E-state index contributed by atoms with van der Waals surface area (Å²) in [7, 11) is 5.90. The standard InChI is InChI=1S/C13H20N2O/c1-9(14-2)10-8-15(3)11-6-5-7-12(16-4)13(10)11/h5-7,9-10,14H,8H2,1-4H3. The molecule has 1 aromatic rings. The third-order valence-electron chi connectivity index (χ3n) is 3.57. The van der Waals surface area contributed by atoms with Gasteiger partial charge in [0, 0.05) is 36.8 Å². The highest BCUT2D eigenvalue weighted by Crippen LogP contribution is 2.42. The minimum absolute atomic E-state index is 0.458. The lowest BCUT2D eigenvalue weighted by Crippen LogP contribution is -2.31. The van der Waals surface area contributed by atoms with Crippen LogP contribution in [0.1, 0.15) is 18.4 Å². The Labute approximate surface area is 97.4 Å². The van der Waals surface area contributed by atoms with Gasteiger partial charge in [0.05, 0.1) is 7.11 Å². The zero-order chi connectivity index (χ0) is 11.7. The van der Waals surface area contributed by atoms with Crippen LogP contribution in [-0.4, -0.2) is 33.8 Å². The summed E-state index contributed by atoms with van der Waals surface area (Å²) < 4.78 is 5.48. The Morgan fingerprint density at radius 3 is 2.88 bits per heavy atom. The summed E-state index contributed by atoms with van der Waals surface area (Å²) in [6, 6.07) is 6.73. The van der Waals surface area contributed by atoms with Crippen LogP contribution in [-0.2, 0) is 0 Å². The van der Waals surface area contributed by atoms with E-state index in [0.29, 0.717) is 12.0 Å². The van der Waals surface area contributed by atoms with Crippen molar-refractivity contribution in [2.45, 2.75) is 18.9 Å². The fourth-order valence-corrected chi connectivity index (χ4v) is 2.51. The van der Waals surface area contributed by atoms with Crippen LogP contribution in [0.25, 0.3) is 0 Å². The van der Waals surface area contributed by atoms with Crippen molar-refractivity contribution in [1.82, 2.24) is 5.32 Å². The first kappa shape index (κ1) is 11.3. The van der Waals surface area contributed by atoms with Crippen molar-refractivity contribution in [2.24, 2.45) is 0 Å². The lowest BCUT2D eigenvalue weighted by atomic mass is 9.94. The van der Waals surface area contributed by atoms with Gasteiger partial charge in [0.25, 0.3) is 0 Å². The SMILES string of the molecule is CNC(C)C1CN(C)c2cccc(OC)c21. The number of anilines is 1. The molecule has 0 fully saturated rings. The molecule has 2 rings (SSSR count). The summed E-state index contributed by atoms with van der Waals surface area (Å²) >= 11 is 0. The number of benzene rings is 1. The second kappa shape index (κ2) is 4.34. The van der Waals surface area contributed by atoms with Crippen molar-refractivity contribution < 1.29 is 4.74 Å². The molecule has 0 aliphatic carbocycles. The van der Waals surface area contributed by atoms with Gasteiger partial charge in [-0.05, 0) is 26.1 Å². The number of hydrogen-bond donors (Lipinski definition) is 1. The zero-order valence-corrected chi connectivity index (χ0v) is 10.4. The Bertz CT molecular complexity index is 378. The van der Waals surface area contributed by atoms with Crippen molar-refractivity contribution >= 4 is 5.69 Å². The monoisotopic (exact) mass is 220 g/mol. The number of likely N-dealkylation sites (N-methyl/N-ethyl adjacent to an activating group) is 2. The van der Waals surface area contributed by atoms with E-state index in [1.54, 1.807) is 7.11 Å². The maximum absolute atomic E-state index is 5.48. The molecule has 0 saturated carbocycles. The average molecular weight is 220 g/mol. The lowest BCUT2D eigenvalue weighted by Gasteiger charge is -2.20. The Balaban J connectivity index is 2.45. The normalized spacial score (nSPS) is 20.8. The average Bonchev–Trinajstić information content (AvgIpc) is 2.66. The lowest BCUT2D eigenvalue weighted by molar-refractivity contribution is 0.401. The molecule has 0 aromatic heterocycles. The second-order valence-corrected chi connectivity index (χ2v) is 4.46. The van der Waals surface area contributed by atoms with E-state index in [9.17, 15) is 0 Å². The molecule has 2 unspecified atom stereocenters. The van der Waals surface area contributed by atoms with Crippen LogP contribution in [0, 0.1) is 0 Å². The van der Waals surface area contributed by atoms with Gasteiger partial charge in [-0.1, -0.05) is 6.07 Å². The second-order valence-electron chi connectivity index (χ2n) is 4.46. The maximum atomic E-state index is 5.48. The quantitative estimate of drug-likeness (QED) is 0.841. The number of ether oxygens (including phenoxy) is 1. The van der Waals surface area contributed by atoms with Crippen molar-refractivity contribution in [2.75, 3.05) is 32.6 Å². The summed E-state index contributed by atoms with van der Waals surface area (Å²) in [5.74, 6) is 1.51. The molecule has 1 heterocycles. The third-order valence-corrected chi connectivity index (χ3v) is 3.57. The van der Waals surface area contributed by atoms with Crippen LogP contribution >= 0.6 is 0 Å². The summed E-state index contributed by atoms with van der Waals surface area (Å²) in [5, 5.41) is 3.34. The molecular weight excluding hydrogens is 200 g/mol. The molecule has 1 aliphatic rings. The maximum Gasteiger partial charge on any atom is 0.124 e. The molecule has 0 saturated heterocycles. The van der Waals surface area contributed by atoms with Crippen LogP contribution in [0.5, 0.6) is 5.75 Å². The minimum atomic E-state index is 0.458. The summed E-state index contributed by atoms with van der Waals surface area (Å²) in [4.78, 5) is 2.30. The number of hydrogen-bond acceptors (Lipinski definition) is 3. The van der Waals surface area contributed by atoms with Crippen molar-refractivity contribution in [1.29, 1.82) is 0 Å². The highest BCUT2D eigenvalue weighted by molar-refractivity contribution is 5.65. The zero-order valence-electron chi connectivity index (χ0n) is 10.4. The molecule has 1 aliphatic heterocycles. The van der Waals surface area contributed by atoms with E-state index in [1.165, 1.54) is 11.3 Å². The predicted octanol–water partition coefficient (Wildman–Crippen LogP) is 1.84. The van der Waals surface area contributed by atoms with Crippen LogP contribution in [0.4, 0.5) is 5.69 Å². The molecule has 1 N–H and O–H groups in total. The first-order valence-corrected chi connectivity index (χ1v) is 5.74. The largest absolute Gasteiger partial charge is 0.496 e. The van der Waals surface area contributed by atoms with E-state index in [-0.39, 0.29) is 0 Å². The Hall–Kier alpha value is -1.22. The Morgan fingerprint density at radius 1 is 1.50 bits per heavy atom. The van der Waals surface area contributed by atoms with Crippen molar-refractivity contribution in [3.05, 3.63) is 23.8 Å². The number of nitrogens with zero attached hydrogens (tertiary/aromatic N) is 1. The molecular formula is C13H20N2O. The topological polar surface area (TPSA) is 24.5 Å². The van der Waals surface area contributed by atoms with Gasteiger partial charge in [0.15, 0.2) is 0 Å². The smallest absolute Gasteiger partial charge is 0.124 e. The molecule has 0 bridgehead atoms. The number of nitrogens with one attached hydrogen (secondary N) is 1. The molecule has 0 spiro atoms. The van der Waals surface area contributed by atoms with Crippen molar-refractivity contribution in [3.63, 3.8) is 0 Å². The summed E-state index contributed by atoms with van der Waals surface area (Å²) in [5.41, 5.74) is 2.64. The predicted molar refractivity (Wildman–Crippen MR) is 67.5 cm³/mol. The van der Waals surface area contributed by atoms with Gasteiger partial charge < -0.3 is 15.0 Å². The van der Waals surface area contributed by atoms with Gasteiger partial charge in [0.2, 0.25) is 0 Å². The molecule has 0 radical (unpaired) electrons. The highest BCUT2D eigenvalue weighted by atomic mass is 16.5. The Morgan fingerprint density at radius 2 is 2.25 bits per heavy atom. The fraction of sp³-hybridized carbons (Fsp3) is 0.538. The van der Waals surface area contributed by atoms with Gasteiger partial charge in [0.1, 0.15) is 5.75 Å². The van der Waals surface area contributed by atoms with E-state index in [1.807, 2.05) is 13.1 Å². The van der Waals surface area contributed by atoms with Gasteiger partial charge in [-0.15, -0.1) is 0 Å². The van der Waals surface area contributed by atoms with E-state index < -0.39 is 0 Å². The first-order valence-electron chi connectivity index (χ1n) is 5.74. The van der Waals surface area contributed by atoms with Crippen LogP contribution in [0.15, 0.2) is 18.2 Å². The van der Waals surface area contributed by atoms with E-state index in [4.69, 9.17) is 4.74 Å². The number of fused-ring (bicyclic) bond motifs is 1. The van der Waals surface area contributed by atoms with Crippen LogP contribution < -0.4 is 15.0 Å². The van der Waals surface area contributed by atoms with Crippen LogP contribution in [0.3, 0.4) is 0 Å². The molecule has 16 heavy (non-hydrogen) atoms. The summed E-state index contributed by atoms with van der Waals surface area (Å²) in [6.07, 6.45) is 0. The molecule has 2 atom stereocenters. The summed E-state index contributed by atoms with van der Waals surface area (Å²) in [6.45, 7) is 3.28. The van der Waals surface area contributed by atoms with Gasteiger partial charge in [-0.25, -0.2) is 0 Å². The van der Waals surface area contributed by atoms with E-state index in [0.717, 1.165) is 12.3 Å². The molecule has 0 amide bonds. The van der Waals surface area contributed by atoms with Crippen molar-refractivity contribution in [3.8, 4) is 5.75 Å².